The molecule has 1 N–H and O–H groups in total. The zero-order valence-corrected chi connectivity index (χ0v) is 9.67. The first kappa shape index (κ1) is 11.6. The van der Waals surface area contributed by atoms with E-state index < -0.39 is 5.54 Å². The van der Waals surface area contributed by atoms with Crippen molar-refractivity contribution >= 4 is 5.69 Å². The van der Waals surface area contributed by atoms with Crippen LogP contribution in [0, 0.1) is 18.3 Å². The van der Waals surface area contributed by atoms with E-state index in [2.05, 4.69) is 37.4 Å². The number of aryl methyl sites for hydroxylation is 1. The van der Waals surface area contributed by atoms with Gasteiger partial charge < -0.3 is 5.32 Å². The molecule has 1 aromatic rings. The third kappa shape index (κ3) is 3.28. The van der Waals surface area contributed by atoms with Crippen LogP contribution in [0.5, 0.6) is 0 Å². The van der Waals surface area contributed by atoms with Crippen LogP contribution in [-0.4, -0.2) is 5.54 Å². The van der Waals surface area contributed by atoms with E-state index in [1.165, 1.54) is 5.56 Å². The highest BCUT2D eigenvalue weighted by molar-refractivity contribution is 5.49. The first-order valence-corrected chi connectivity index (χ1v) is 5.36. The second kappa shape index (κ2) is 4.84. The molecular weight excluding hydrogens is 184 g/mol. The maximum absolute atomic E-state index is 9.13. The van der Waals surface area contributed by atoms with Gasteiger partial charge in [0.05, 0.1) is 6.07 Å². The third-order valence-electron chi connectivity index (χ3n) is 2.44. The van der Waals surface area contributed by atoms with E-state index in [0.717, 1.165) is 18.5 Å². The molecule has 2 heteroatoms. The number of hydrogen-bond donors (Lipinski definition) is 1. The Morgan fingerprint density at radius 3 is 2.73 bits per heavy atom. The first-order chi connectivity index (χ1) is 7.09. The van der Waals surface area contributed by atoms with Crippen molar-refractivity contribution < 1.29 is 0 Å². The van der Waals surface area contributed by atoms with Crippen molar-refractivity contribution in [3.05, 3.63) is 29.8 Å². The van der Waals surface area contributed by atoms with Gasteiger partial charge >= 0.3 is 0 Å². The summed E-state index contributed by atoms with van der Waals surface area (Å²) >= 11 is 0. The number of hydrogen-bond acceptors (Lipinski definition) is 2. The molecule has 0 saturated heterocycles. The van der Waals surface area contributed by atoms with Gasteiger partial charge in [-0.2, -0.15) is 5.26 Å². The molecule has 0 saturated carbocycles. The molecule has 1 aromatic carbocycles. The zero-order valence-electron chi connectivity index (χ0n) is 9.67. The molecule has 0 bridgehead atoms. The Bertz CT molecular complexity index is 365. The molecule has 0 aliphatic rings. The summed E-state index contributed by atoms with van der Waals surface area (Å²) in [6, 6.07) is 10.4. The summed E-state index contributed by atoms with van der Waals surface area (Å²) in [4.78, 5) is 0. The van der Waals surface area contributed by atoms with Crippen molar-refractivity contribution in [1.82, 2.24) is 0 Å². The van der Waals surface area contributed by atoms with Gasteiger partial charge in [0.1, 0.15) is 5.54 Å². The predicted molar refractivity (Wildman–Crippen MR) is 63.7 cm³/mol. The molecule has 80 valence electrons. The largest absolute Gasteiger partial charge is 0.368 e. The van der Waals surface area contributed by atoms with E-state index in [1.54, 1.807) is 0 Å². The molecule has 0 fully saturated rings. The average Bonchev–Trinajstić information content (AvgIpc) is 2.18. The molecule has 15 heavy (non-hydrogen) atoms. The molecule has 1 rings (SSSR count). The fourth-order valence-corrected chi connectivity index (χ4v) is 1.69. The summed E-state index contributed by atoms with van der Waals surface area (Å²) in [7, 11) is 0. The minimum atomic E-state index is -0.456. The molecule has 0 aliphatic carbocycles. The second-order valence-corrected chi connectivity index (χ2v) is 4.19. The van der Waals surface area contributed by atoms with E-state index in [0.29, 0.717) is 0 Å². The molecule has 1 unspecified atom stereocenters. The first-order valence-electron chi connectivity index (χ1n) is 5.36. The molecule has 0 aromatic heterocycles. The van der Waals surface area contributed by atoms with E-state index in [9.17, 15) is 0 Å². The topological polar surface area (TPSA) is 35.8 Å². The van der Waals surface area contributed by atoms with Gasteiger partial charge in [0, 0.05) is 5.69 Å². The fourth-order valence-electron chi connectivity index (χ4n) is 1.69. The van der Waals surface area contributed by atoms with Crippen molar-refractivity contribution in [2.45, 2.75) is 39.2 Å². The lowest BCUT2D eigenvalue weighted by Crippen LogP contribution is -2.32. The van der Waals surface area contributed by atoms with Crippen LogP contribution in [0.25, 0.3) is 0 Å². The molecular formula is C13H18N2. The zero-order chi connectivity index (χ0) is 11.3. The number of nitrogens with zero attached hydrogens (tertiary/aromatic N) is 1. The van der Waals surface area contributed by atoms with Crippen LogP contribution in [0.4, 0.5) is 5.69 Å². The van der Waals surface area contributed by atoms with Gasteiger partial charge in [0.15, 0.2) is 0 Å². The maximum Gasteiger partial charge on any atom is 0.122 e. The highest BCUT2D eigenvalue weighted by Crippen LogP contribution is 2.20. The van der Waals surface area contributed by atoms with Gasteiger partial charge in [-0.15, -0.1) is 0 Å². The summed E-state index contributed by atoms with van der Waals surface area (Å²) < 4.78 is 0. The number of nitrogens with one attached hydrogen (secondary N) is 1. The van der Waals surface area contributed by atoms with Crippen molar-refractivity contribution in [1.29, 1.82) is 5.26 Å². The normalized spacial score (nSPS) is 14.0. The lowest BCUT2D eigenvalue weighted by Gasteiger charge is -2.24. The number of rotatable bonds is 4. The lowest BCUT2D eigenvalue weighted by atomic mass is 9.97. The smallest absolute Gasteiger partial charge is 0.122 e. The minimum Gasteiger partial charge on any atom is -0.368 e. The Kier molecular flexibility index (Phi) is 3.74. The standard InChI is InChI=1S/C13H18N2/c1-4-8-13(3,10-14)15-12-7-5-6-11(2)9-12/h5-7,9,15H,4,8H2,1-3H3. The third-order valence-corrected chi connectivity index (χ3v) is 2.44. The predicted octanol–water partition coefficient (Wildman–Crippen LogP) is 3.49. The quantitative estimate of drug-likeness (QED) is 0.811. The summed E-state index contributed by atoms with van der Waals surface area (Å²) in [6.45, 7) is 6.08. The number of nitriles is 1. The minimum absolute atomic E-state index is 0.456. The molecule has 0 spiro atoms. The summed E-state index contributed by atoms with van der Waals surface area (Å²) in [5, 5.41) is 12.4. The highest BCUT2D eigenvalue weighted by Gasteiger charge is 2.21. The fraction of sp³-hybridized carbons (Fsp3) is 0.462. The van der Waals surface area contributed by atoms with E-state index in [4.69, 9.17) is 5.26 Å². The Labute approximate surface area is 91.9 Å². The lowest BCUT2D eigenvalue weighted by molar-refractivity contribution is 0.579. The Morgan fingerprint density at radius 1 is 1.47 bits per heavy atom. The van der Waals surface area contributed by atoms with Crippen molar-refractivity contribution in [3.8, 4) is 6.07 Å². The van der Waals surface area contributed by atoms with Crippen LogP contribution in [-0.2, 0) is 0 Å². The van der Waals surface area contributed by atoms with E-state index in [1.807, 2.05) is 19.1 Å². The Balaban J connectivity index is 2.80. The summed E-state index contributed by atoms with van der Waals surface area (Å²) in [6.07, 6.45) is 1.86. The van der Waals surface area contributed by atoms with E-state index in [-0.39, 0.29) is 0 Å². The maximum atomic E-state index is 9.13. The molecule has 2 nitrogen and oxygen atoms in total. The highest BCUT2D eigenvalue weighted by atomic mass is 15.0. The van der Waals surface area contributed by atoms with E-state index >= 15 is 0 Å². The van der Waals surface area contributed by atoms with Gasteiger partial charge in [-0.1, -0.05) is 25.5 Å². The molecule has 0 amide bonds. The Morgan fingerprint density at radius 2 is 2.20 bits per heavy atom. The van der Waals surface area contributed by atoms with Gasteiger partial charge in [0.2, 0.25) is 0 Å². The van der Waals surface area contributed by atoms with Crippen molar-refractivity contribution in [2.75, 3.05) is 5.32 Å². The van der Waals surface area contributed by atoms with Crippen LogP contribution in [0.3, 0.4) is 0 Å². The van der Waals surface area contributed by atoms with Crippen LogP contribution < -0.4 is 5.32 Å². The van der Waals surface area contributed by atoms with Crippen molar-refractivity contribution in [2.24, 2.45) is 0 Å². The molecule has 1 atom stereocenters. The summed E-state index contributed by atoms with van der Waals surface area (Å²) in [5.41, 5.74) is 1.77. The van der Waals surface area contributed by atoms with Crippen LogP contribution in [0.15, 0.2) is 24.3 Å². The summed E-state index contributed by atoms with van der Waals surface area (Å²) in [5.74, 6) is 0. The molecule has 0 heterocycles. The van der Waals surface area contributed by atoms with Crippen LogP contribution in [0.2, 0.25) is 0 Å². The molecule has 0 aliphatic heterocycles. The molecule has 0 radical (unpaired) electrons. The Hall–Kier alpha value is -1.49. The van der Waals surface area contributed by atoms with Gasteiger partial charge in [-0.05, 0) is 38.0 Å². The van der Waals surface area contributed by atoms with Gasteiger partial charge in [-0.3, -0.25) is 0 Å². The van der Waals surface area contributed by atoms with Gasteiger partial charge in [-0.25, -0.2) is 0 Å². The SMILES string of the molecule is CCCC(C)(C#N)Nc1cccc(C)c1. The monoisotopic (exact) mass is 202 g/mol. The number of anilines is 1. The van der Waals surface area contributed by atoms with Crippen LogP contribution >= 0.6 is 0 Å². The number of benzene rings is 1. The average molecular weight is 202 g/mol. The van der Waals surface area contributed by atoms with Crippen molar-refractivity contribution in [3.63, 3.8) is 0 Å². The second-order valence-electron chi connectivity index (χ2n) is 4.19. The van der Waals surface area contributed by atoms with Crippen LogP contribution in [0.1, 0.15) is 32.3 Å². The van der Waals surface area contributed by atoms with Gasteiger partial charge in [0.25, 0.3) is 0 Å².